The SMILES string of the molecule is O=C(COC1CCCCC1)NC1CCCc2ccccc21. The predicted octanol–water partition coefficient (Wildman–Crippen LogP) is 3.53. The van der Waals surface area contributed by atoms with E-state index < -0.39 is 0 Å². The fourth-order valence-electron chi connectivity index (χ4n) is 3.57. The number of carbonyl (C=O) groups is 1. The van der Waals surface area contributed by atoms with Gasteiger partial charge in [-0.1, -0.05) is 43.5 Å². The highest BCUT2D eigenvalue weighted by molar-refractivity contribution is 5.77. The summed E-state index contributed by atoms with van der Waals surface area (Å²) in [6.45, 7) is 0.212. The Hall–Kier alpha value is -1.35. The average Bonchev–Trinajstić information content (AvgIpc) is 2.54. The Labute approximate surface area is 127 Å². The van der Waals surface area contributed by atoms with Crippen LogP contribution in [0, 0.1) is 0 Å². The molecule has 0 radical (unpaired) electrons. The molecule has 1 N–H and O–H groups in total. The van der Waals surface area contributed by atoms with Crippen LogP contribution < -0.4 is 5.32 Å². The molecule has 0 spiro atoms. The molecule has 1 atom stereocenters. The van der Waals surface area contributed by atoms with Gasteiger partial charge in [-0.15, -0.1) is 0 Å². The molecule has 1 aromatic rings. The van der Waals surface area contributed by atoms with Crippen molar-refractivity contribution in [2.45, 2.75) is 63.5 Å². The molecule has 2 aliphatic carbocycles. The topological polar surface area (TPSA) is 38.3 Å². The van der Waals surface area contributed by atoms with Gasteiger partial charge in [0.05, 0.1) is 12.1 Å². The highest BCUT2D eigenvalue weighted by atomic mass is 16.5. The lowest BCUT2D eigenvalue weighted by molar-refractivity contribution is -0.129. The Morgan fingerprint density at radius 1 is 1.10 bits per heavy atom. The highest BCUT2D eigenvalue weighted by Gasteiger charge is 2.22. The van der Waals surface area contributed by atoms with E-state index in [0.717, 1.165) is 32.1 Å². The van der Waals surface area contributed by atoms with Crippen LogP contribution in [0.25, 0.3) is 0 Å². The molecule has 0 bridgehead atoms. The lowest BCUT2D eigenvalue weighted by Crippen LogP contribution is -2.35. The van der Waals surface area contributed by atoms with Gasteiger partial charge in [-0.2, -0.15) is 0 Å². The summed E-state index contributed by atoms with van der Waals surface area (Å²) in [7, 11) is 0. The van der Waals surface area contributed by atoms with Crippen LogP contribution >= 0.6 is 0 Å². The first-order chi connectivity index (χ1) is 10.3. The van der Waals surface area contributed by atoms with E-state index in [9.17, 15) is 4.79 Å². The number of aryl methyl sites for hydroxylation is 1. The monoisotopic (exact) mass is 287 g/mol. The Balaban J connectivity index is 1.51. The molecular formula is C18H25NO2. The first kappa shape index (κ1) is 14.6. The van der Waals surface area contributed by atoms with Crippen molar-refractivity contribution in [3.05, 3.63) is 35.4 Å². The number of ether oxygens (including phenoxy) is 1. The third-order valence-corrected chi connectivity index (χ3v) is 4.71. The zero-order valence-corrected chi connectivity index (χ0v) is 12.6. The van der Waals surface area contributed by atoms with E-state index in [-0.39, 0.29) is 18.6 Å². The van der Waals surface area contributed by atoms with Crippen molar-refractivity contribution in [1.82, 2.24) is 5.32 Å². The zero-order valence-electron chi connectivity index (χ0n) is 12.6. The Bertz CT molecular complexity index is 480. The molecule has 1 saturated carbocycles. The molecule has 21 heavy (non-hydrogen) atoms. The molecule has 0 aliphatic heterocycles. The van der Waals surface area contributed by atoms with Crippen LogP contribution in [-0.2, 0) is 16.0 Å². The van der Waals surface area contributed by atoms with Crippen LogP contribution in [0.1, 0.15) is 62.1 Å². The van der Waals surface area contributed by atoms with E-state index in [2.05, 4.69) is 29.6 Å². The number of hydrogen-bond donors (Lipinski definition) is 1. The number of hydrogen-bond acceptors (Lipinski definition) is 2. The summed E-state index contributed by atoms with van der Waals surface area (Å²) in [5.74, 6) is 0.0299. The molecule has 1 amide bonds. The second-order valence-electron chi connectivity index (χ2n) is 6.28. The van der Waals surface area contributed by atoms with Crippen LogP contribution in [0.4, 0.5) is 0 Å². The van der Waals surface area contributed by atoms with Crippen molar-refractivity contribution in [1.29, 1.82) is 0 Å². The number of carbonyl (C=O) groups excluding carboxylic acids is 1. The van der Waals surface area contributed by atoms with Crippen molar-refractivity contribution >= 4 is 5.91 Å². The molecule has 0 aromatic heterocycles. The summed E-state index contributed by atoms with van der Waals surface area (Å²) in [6.07, 6.45) is 9.61. The van der Waals surface area contributed by atoms with Crippen LogP contribution in [-0.4, -0.2) is 18.6 Å². The molecule has 0 saturated heterocycles. The van der Waals surface area contributed by atoms with E-state index in [0.29, 0.717) is 6.10 Å². The summed E-state index contributed by atoms with van der Waals surface area (Å²) >= 11 is 0. The largest absolute Gasteiger partial charge is 0.368 e. The van der Waals surface area contributed by atoms with Crippen molar-refractivity contribution < 1.29 is 9.53 Å². The maximum Gasteiger partial charge on any atom is 0.246 e. The normalized spacial score (nSPS) is 22.6. The fraction of sp³-hybridized carbons (Fsp3) is 0.611. The predicted molar refractivity (Wildman–Crippen MR) is 83.1 cm³/mol. The van der Waals surface area contributed by atoms with E-state index >= 15 is 0 Å². The summed E-state index contributed by atoms with van der Waals surface area (Å²) in [5.41, 5.74) is 2.66. The van der Waals surface area contributed by atoms with Gasteiger partial charge in [0.1, 0.15) is 6.61 Å². The van der Waals surface area contributed by atoms with Gasteiger partial charge in [-0.25, -0.2) is 0 Å². The molecule has 1 fully saturated rings. The quantitative estimate of drug-likeness (QED) is 0.920. The van der Waals surface area contributed by atoms with E-state index in [4.69, 9.17) is 4.74 Å². The van der Waals surface area contributed by atoms with Gasteiger partial charge >= 0.3 is 0 Å². The van der Waals surface area contributed by atoms with E-state index in [1.807, 2.05) is 0 Å². The molecule has 1 aromatic carbocycles. The maximum absolute atomic E-state index is 12.1. The average molecular weight is 287 g/mol. The first-order valence-corrected chi connectivity index (χ1v) is 8.32. The molecule has 0 heterocycles. The summed E-state index contributed by atoms with van der Waals surface area (Å²) < 4.78 is 5.76. The van der Waals surface area contributed by atoms with Crippen LogP contribution in [0.3, 0.4) is 0 Å². The molecule has 3 heteroatoms. The lowest BCUT2D eigenvalue weighted by atomic mass is 9.88. The van der Waals surface area contributed by atoms with Gasteiger partial charge in [0.25, 0.3) is 0 Å². The highest BCUT2D eigenvalue weighted by Crippen LogP contribution is 2.29. The first-order valence-electron chi connectivity index (χ1n) is 8.32. The van der Waals surface area contributed by atoms with Crippen LogP contribution in [0.2, 0.25) is 0 Å². The zero-order chi connectivity index (χ0) is 14.5. The maximum atomic E-state index is 12.1. The van der Waals surface area contributed by atoms with Gasteiger partial charge in [0.15, 0.2) is 0 Å². The Morgan fingerprint density at radius 3 is 2.76 bits per heavy atom. The minimum Gasteiger partial charge on any atom is -0.368 e. The number of amides is 1. The third kappa shape index (κ3) is 3.85. The molecular weight excluding hydrogens is 262 g/mol. The van der Waals surface area contributed by atoms with E-state index in [1.54, 1.807) is 0 Å². The molecule has 114 valence electrons. The van der Waals surface area contributed by atoms with Crippen molar-refractivity contribution in [3.8, 4) is 0 Å². The van der Waals surface area contributed by atoms with Crippen molar-refractivity contribution in [2.24, 2.45) is 0 Å². The minimum atomic E-state index is 0.0299. The van der Waals surface area contributed by atoms with Crippen LogP contribution in [0.15, 0.2) is 24.3 Å². The number of fused-ring (bicyclic) bond motifs is 1. The second kappa shape index (κ2) is 7.08. The third-order valence-electron chi connectivity index (χ3n) is 4.71. The molecule has 3 nitrogen and oxygen atoms in total. The Kier molecular flexibility index (Phi) is 4.91. The molecule has 3 rings (SSSR count). The smallest absolute Gasteiger partial charge is 0.246 e. The van der Waals surface area contributed by atoms with E-state index in [1.165, 1.54) is 30.4 Å². The summed E-state index contributed by atoms with van der Waals surface area (Å²) in [5, 5.41) is 3.15. The van der Waals surface area contributed by atoms with Crippen molar-refractivity contribution in [3.63, 3.8) is 0 Å². The van der Waals surface area contributed by atoms with Gasteiger partial charge in [-0.3, -0.25) is 4.79 Å². The lowest BCUT2D eigenvalue weighted by Gasteiger charge is -2.27. The van der Waals surface area contributed by atoms with Gasteiger partial charge in [0.2, 0.25) is 5.91 Å². The number of rotatable bonds is 4. The standard InChI is InChI=1S/C18H25NO2/c20-18(13-21-15-9-2-1-3-10-15)19-17-12-6-8-14-7-4-5-11-16(14)17/h4-5,7,11,15,17H,1-3,6,8-10,12-13H2,(H,19,20). The number of nitrogens with one attached hydrogen (secondary N) is 1. The fourth-order valence-corrected chi connectivity index (χ4v) is 3.57. The number of benzene rings is 1. The summed E-state index contributed by atoms with van der Waals surface area (Å²) in [4.78, 5) is 12.1. The molecule has 1 unspecified atom stereocenters. The molecule has 2 aliphatic rings. The van der Waals surface area contributed by atoms with Gasteiger partial charge < -0.3 is 10.1 Å². The Morgan fingerprint density at radius 2 is 1.90 bits per heavy atom. The van der Waals surface area contributed by atoms with Gasteiger partial charge in [-0.05, 0) is 43.2 Å². The van der Waals surface area contributed by atoms with Crippen molar-refractivity contribution in [2.75, 3.05) is 6.61 Å². The summed E-state index contributed by atoms with van der Waals surface area (Å²) in [6, 6.07) is 8.61. The van der Waals surface area contributed by atoms with Gasteiger partial charge in [0, 0.05) is 0 Å². The van der Waals surface area contributed by atoms with Crippen LogP contribution in [0.5, 0.6) is 0 Å². The second-order valence-corrected chi connectivity index (χ2v) is 6.28. The minimum absolute atomic E-state index is 0.0299.